The van der Waals surface area contributed by atoms with Crippen LogP contribution in [0.15, 0.2) is 18.6 Å². The molecule has 2 aliphatic rings. The standard InChI is InChI=1S/C15H18F2N4O4/c16-15(17,11-8-18-2-3-19-11)14(23)20-10-1-4-21(9-10)12(22)7-13-24-5-6-25-13/h2-3,8,10,13H,1,4-7,9H2,(H,20,23)/t10-/m0/s1. The molecule has 0 unspecified atom stereocenters. The first-order valence-electron chi connectivity index (χ1n) is 7.93. The monoisotopic (exact) mass is 356 g/mol. The van der Waals surface area contributed by atoms with Crippen LogP contribution in [0.25, 0.3) is 0 Å². The first kappa shape index (κ1) is 17.6. The van der Waals surface area contributed by atoms with Crippen molar-refractivity contribution in [2.75, 3.05) is 26.3 Å². The van der Waals surface area contributed by atoms with Crippen LogP contribution in [0, 0.1) is 0 Å². The van der Waals surface area contributed by atoms with Gasteiger partial charge in [-0.2, -0.15) is 8.78 Å². The summed E-state index contributed by atoms with van der Waals surface area (Å²) >= 11 is 0. The molecule has 1 aromatic heterocycles. The van der Waals surface area contributed by atoms with Crippen molar-refractivity contribution in [3.63, 3.8) is 0 Å². The second-order valence-corrected chi connectivity index (χ2v) is 5.84. The van der Waals surface area contributed by atoms with E-state index in [0.29, 0.717) is 26.2 Å². The lowest BCUT2D eigenvalue weighted by Gasteiger charge is -2.20. The topological polar surface area (TPSA) is 93.7 Å². The molecule has 8 nitrogen and oxygen atoms in total. The maximum Gasteiger partial charge on any atom is 0.367 e. The SMILES string of the molecule is O=C(CC1OCCO1)N1CC[C@H](NC(=O)C(F)(F)c2cnccn2)C1. The molecule has 0 spiro atoms. The molecule has 0 radical (unpaired) electrons. The average Bonchev–Trinajstić information content (AvgIpc) is 3.27. The molecule has 1 aromatic rings. The van der Waals surface area contributed by atoms with E-state index in [1.807, 2.05) is 0 Å². The zero-order chi connectivity index (χ0) is 17.9. The van der Waals surface area contributed by atoms with E-state index < -0.39 is 29.9 Å². The summed E-state index contributed by atoms with van der Waals surface area (Å²) in [6, 6.07) is -0.538. The molecule has 0 bridgehead atoms. The molecule has 2 fully saturated rings. The lowest BCUT2D eigenvalue weighted by molar-refractivity contribution is -0.148. The Hall–Kier alpha value is -2.20. The van der Waals surface area contributed by atoms with Crippen LogP contribution in [-0.2, 0) is 25.0 Å². The van der Waals surface area contributed by atoms with Crippen LogP contribution in [0.1, 0.15) is 18.5 Å². The van der Waals surface area contributed by atoms with Crippen molar-refractivity contribution in [2.45, 2.75) is 31.1 Å². The Morgan fingerprint density at radius 2 is 2.08 bits per heavy atom. The van der Waals surface area contributed by atoms with Crippen LogP contribution in [0.2, 0.25) is 0 Å². The van der Waals surface area contributed by atoms with E-state index in [9.17, 15) is 18.4 Å². The zero-order valence-corrected chi connectivity index (χ0v) is 13.4. The molecule has 2 aliphatic heterocycles. The van der Waals surface area contributed by atoms with Gasteiger partial charge in [0.15, 0.2) is 6.29 Å². The van der Waals surface area contributed by atoms with Gasteiger partial charge in [-0.25, -0.2) is 0 Å². The van der Waals surface area contributed by atoms with E-state index in [1.165, 1.54) is 11.1 Å². The second-order valence-electron chi connectivity index (χ2n) is 5.84. The van der Waals surface area contributed by atoms with Gasteiger partial charge in [0.1, 0.15) is 5.69 Å². The van der Waals surface area contributed by atoms with Crippen molar-refractivity contribution in [3.05, 3.63) is 24.3 Å². The molecule has 2 amide bonds. The number of halogens is 2. The Morgan fingerprint density at radius 3 is 2.76 bits per heavy atom. The third kappa shape index (κ3) is 4.07. The third-order valence-corrected chi connectivity index (χ3v) is 4.08. The number of carbonyl (C=O) groups is 2. The highest BCUT2D eigenvalue weighted by Gasteiger charge is 2.44. The zero-order valence-electron chi connectivity index (χ0n) is 13.4. The number of carbonyl (C=O) groups excluding carboxylic acids is 2. The van der Waals surface area contributed by atoms with E-state index in [4.69, 9.17) is 9.47 Å². The molecule has 0 saturated carbocycles. The van der Waals surface area contributed by atoms with Crippen LogP contribution >= 0.6 is 0 Å². The van der Waals surface area contributed by atoms with Gasteiger partial charge in [0.25, 0.3) is 5.91 Å². The van der Waals surface area contributed by atoms with Crippen molar-refractivity contribution in [3.8, 4) is 0 Å². The molecule has 136 valence electrons. The Bertz CT molecular complexity index is 625. The predicted octanol–water partition coefficient (Wildman–Crippen LogP) is 0.0485. The maximum absolute atomic E-state index is 14.1. The minimum Gasteiger partial charge on any atom is -0.350 e. The summed E-state index contributed by atoms with van der Waals surface area (Å²) in [5.41, 5.74) is -0.714. The van der Waals surface area contributed by atoms with E-state index in [-0.39, 0.29) is 18.9 Å². The Balaban J connectivity index is 1.52. The smallest absolute Gasteiger partial charge is 0.350 e. The molecule has 3 heterocycles. The van der Waals surface area contributed by atoms with E-state index in [0.717, 1.165) is 12.4 Å². The van der Waals surface area contributed by atoms with Crippen molar-refractivity contribution in [1.29, 1.82) is 0 Å². The first-order valence-corrected chi connectivity index (χ1v) is 7.93. The number of alkyl halides is 2. The number of rotatable bonds is 5. The third-order valence-electron chi connectivity index (χ3n) is 4.08. The van der Waals surface area contributed by atoms with Crippen LogP contribution in [-0.4, -0.2) is 65.3 Å². The molecule has 3 rings (SSSR count). The quantitative estimate of drug-likeness (QED) is 0.801. The van der Waals surface area contributed by atoms with Crippen molar-refractivity contribution >= 4 is 11.8 Å². The molecular weight excluding hydrogens is 338 g/mol. The van der Waals surface area contributed by atoms with Gasteiger partial charge >= 0.3 is 5.92 Å². The van der Waals surface area contributed by atoms with Gasteiger partial charge in [-0.1, -0.05) is 0 Å². The number of amides is 2. The lowest BCUT2D eigenvalue weighted by Crippen LogP contribution is -2.45. The fourth-order valence-electron chi connectivity index (χ4n) is 2.75. The fourth-order valence-corrected chi connectivity index (χ4v) is 2.75. The normalized spacial score (nSPS) is 21.5. The fraction of sp³-hybridized carbons (Fsp3) is 0.600. The number of likely N-dealkylation sites (tertiary alicyclic amines) is 1. The van der Waals surface area contributed by atoms with Crippen molar-refractivity contribution in [2.24, 2.45) is 0 Å². The van der Waals surface area contributed by atoms with Gasteiger partial charge < -0.3 is 19.7 Å². The number of aromatic nitrogens is 2. The van der Waals surface area contributed by atoms with Gasteiger partial charge in [-0.15, -0.1) is 0 Å². The molecule has 1 N–H and O–H groups in total. The maximum atomic E-state index is 14.1. The second kappa shape index (κ2) is 7.36. The summed E-state index contributed by atoms with van der Waals surface area (Å²) in [5.74, 6) is -5.42. The molecule has 25 heavy (non-hydrogen) atoms. The summed E-state index contributed by atoms with van der Waals surface area (Å²) in [6.45, 7) is 1.46. The van der Waals surface area contributed by atoms with Crippen molar-refractivity contribution in [1.82, 2.24) is 20.2 Å². The number of nitrogens with zero attached hydrogens (tertiary/aromatic N) is 3. The summed E-state index contributed by atoms with van der Waals surface area (Å²) < 4.78 is 38.6. The van der Waals surface area contributed by atoms with E-state index >= 15 is 0 Å². The summed E-state index contributed by atoms with van der Waals surface area (Å²) in [6.07, 6.45) is 3.12. The van der Waals surface area contributed by atoms with Gasteiger partial charge in [0, 0.05) is 31.5 Å². The van der Waals surface area contributed by atoms with Gasteiger partial charge in [0.05, 0.1) is 25.8 Å². The minimum atomic E-state index is -3.78. The Labute approximate surface area is 142 Å². The van der Waals surface area contributed by atoms with Crippen LogP contribution in [0.3, 0.4) is 0 Å². The predicted molar refractivity (Wildman–Crippen MR) is 79.4 cm³/mol. The van der Waals surface area contributed by atoms with Crippen LogP contribution in [0.5, 0.6) is 0 Å². The highest BCUT2D eigenvalue weighted by molar-refractivity contribution is 5.84. The highest BCUT2D eigenvalue weighted by Crippen LogP contribution is 2.26. The lowest BCUT2D eigenvalue weighted by atomic mass is 10.2. The Kier molecular flexibility index (Phi) is 5.19. The van der Waals surface area contributed by atoms with Gasteiger partial charge in [-0.3, -0.25) is 19.6 Å². The Morgan fingerprint density at radius 1 is 1.32 bits per heavy atom. The van der Waals surface area contributed by atoms with Gasteiger partial charge in [0.2, 0.25) is 5.91 Å². The molecular formula is C15H18F2N4O4. The average molecular weight is 356 g/mol. The van der Waals surface area contributed by atoms with Gasteiger partial charge in [-0.05, 0) is 6.42 Å². The molecule has 0 aromatic carbocycles. The minimum absolute atomic E-state index is 0.0798. The molecule has 2 saturated heterocycles. The number of hydrogen-bond donors (Lipinski definition) is 1. The van der Waals surface area contributed by atoms with Crippen LogP contribution in [0.4, 0.5) is 8.78 Å². The largest absolute Gasteiger partial charge is 0.367 e. The first-order chi connectivity index (χ1) is 12.0. The molecule has 0 aliphatic carbocycles. The summed E-state index contributed by atoms with van der Waals surface area (Å²) in [7, 11) is 0. The summed E-state index contributed by atoms with van der Waals surface area (Å²) in [5, 5.41) is 2.28. The van der Waals surface area contributed by atoms with Crippen LogP contribution < -0.4 is 5.32 Å². The number of nitrogens with one attached hydrogen (secondary N) is 1. The van der Waals surface area contributed by atoms with Crippen molar-refractivity contribution < 1.29 is 27.8 Å². The van der Waals surface area contributed by atoms with E-state index in [2.05, 4.69) is 15.3 Å². The number of hydrogen-bond acceptors (Lipinski definition) is 6. The number of ether oxygens (including phenoxy) is 2. The summed E-state index contributed by atoms with van der Waals surface area (Å²) in [4.78, 5) is 32.6. The highest BCUT2D eigenvalue weighted by atomic mass is 19.3. The molecule has 10 heteroatoms. The molecule has 1 atom stereocenters. The van der Waals surface area contributed by atoms with E-state index in [1.54, 1.807) is 0 Å².